The van der Waals surface area contributed by atoms with E-state index in [1.165, 1.54) is 6.07 Å². The smallest absolute Gasteiger partial charge is 0.242 e. The lowest BCUT2D eigenvalue weighted by Crippen LogP contribution is -2.40. The fourth-order valence-corrected chi connectivity index (χ4v) is 4.05. The van der Waals surface area contributed by atoms with Gasteiger partial charge in [-0.1, -0.05) is 11.6 Å². The van der Waals surface area contributed by atoms with Crippen molar-refractivity contribution >= 4 is 21.6 Å². The Labute approximate surface area is 117 Å². The van der Waals surface area contributed by atoms with Gasteiger partial charge in [-0.25, -0.2) is 17.5 Å². The first-order valence-corrected chi connectivity index (χ1v) is 7.97. The van der Waals surface area contributed by atoms with Crippen LogP contribution in [-0.4, -0.2) is 20.5 Å². The Morgan fingerprint density at radius 1 is 1.26 bits per heavy atom. The van der Waals surface area contributed by atoms with E-state index in [2.05, 4.69) is 4.72 Å². The Morgan fingerprint density at radius 3 is 2.47 bits per heavy atom. The number of rotatable bonds is 3. The summed E-state index contributed by atoms with van der Waals surface area (Å²) in [6.45, 7) is 0. The standard InChI is InChI=1S/C12H16ClFN2O2S/c13-11-7-8(14)1-6-12(11)19(17,18)16-10-4-2-9(15)3-5-10/h1,6-7,9-10,16H,2-5,15H2. The molecular formula is C12H16ClFN2O2S. The predicted molar refractivity (Wildman–Crippen MR) is 72.0 cm³/mol. The van der Waals surface area contributed by atoms with E-state index >= 15 is 0 Å². The van der Waals surface area contributed by atoms with Crippen LogP contribution >= 0.6 is 11.6 Å². The van der Waals surface area contributed by atoms with E-state index in [0.29, 0.717) is 12.8 Å². The molecule has 0 saturated heterocycles. The summed E-state index contributed by atoms with van der Waals surface area (Å²) < 4.78 is 39.9. The molecule has 1 aliphatic rings. The van der Waals surface area contributed by atoms with Gasteiger partial charge >= 0.3 is 0 Å². The van der Waals surface area contributed by atoms with Crippen LogP contribution in [-0.2, 0) is 10.0 Å². The first kappa shape index (κ1) is 14.7. The van der Waals surface area contributed by atoms with Crippen molar-refractivity contribution in [2.45, 2.75) is 42.7 Å². The van der Waals surface area contributed by atoms with Gasteiger partial charge in [0.15, 0.2) is 0 Å². The fraction of sp³-hybridized carbons (Fsp3) is 0.500. The lowest BCUT2D eigenvalue weighted by molar-refractivity contribution is 0.373. The van der Waals surface area contributed by atoms with Gasteiger partial charge in [-0.15, -0.1) is 0 Å². The second kappa shape index (κ2) is 5.75. The Morgan fingerprint density at radius 2 is 1.89 bits per heavy atom. The molecule has 1 saturated carbocycles. The molecule has 2 rings (SSSR count). The second-order valence-corrected chi connectivity index (χ2v) is 6.90. The first-order valence-electron chi connectivity index (χ1n) is 6.11. The molecule has 0 aliphatic heterocycles. The van der Waals surface area contributed by atoms with Gasteiger partial charge in [-0.05, 0) is 43.9 Å². The summed E-state index contributed by atoms with van der Waals surface area (Å²) in [5.41, 5.74) is 5.77. The molecule has 1 fully saturated rings. The predicted octanol–water partition coefficient (Wildman–Crippen LogP) is 2.03. The number of hydrogen-bond donors (Lipinski definition) is 2. The fourth-order valence-electron chi connectivity index (χ4n) is 2.21. The zero-order valence-electron chi connectivity index (χ0n) is 10.3. The number of nitrogens with two attached hydrogens (primary N) is 1. The number of halogens is 2. The minimum absolute atomic E-state index is 0.0922. The summed E-state index contributed by atoms with van der Waals surface area (Å²) in [6.07, 6.45) is 3.01. The normalized spacial score (nSPS) is 24.4. The monoisotopic (exact) mass is 306 g/mol. The summed E-state index contributed by atoms with van der Waals surface area (Å²) in [5.74, 6) is -0.562. The molecule has 106 valence electrons. The van der Waals surface area contributed by atoms with Gasteiger partial charge in [0.1, 0.15) is 10.7 Å². The number of hydrogen-bond acceptors (Lipinski definition) is 3. The van der Waals surface area contributed by atoms with E-state index in [4.69, 9.17) is 17.3 Å². The summed E-state index contributed by atoms with van der Waals surface area (Å²) in [4.78, 5) is -0.0922. The minimum Gasteiger partial charge on any atom is -0.328 e. The number of sulfonamides is 1. The van der Waals surface area contributed by atoms with Gasteiger partial charge in [0, 0.05) is 12.1 Å². The first-order chi connectivity index (χ1) is 8.88. The molecule has 0 heterocycles. The minimum atomic E-state index is -3.71. The molecule has 7 heteroatoms. The third-order valence-electron chi connectivity index (χ3n) is 3.28. The molecule has 0 aromatic heterocycles. The van der Waals surface area contributed by atoms with E-state index in [1.54, 1.807) is 0 Å². The van der Waals surface area contributed by atoms with Crippen LogP contribution in [0.5, 0.6) is 0 Å². The van der Waals surface area contributed by atoms with Crippen molar-refractivity contribution < 1.29 is 12.8 Å². The highest BCUT2D eigenvalue weighted by Crippen LogP contribution is 2.24. The number of nitrogens with one attached hydrogen (secondary N) is 1. The molecule has 0 amide bonds. The Balaban J connectivity index is 2.14. The molecule has 0 atom stereocenters. The highest BCUT2D eigenvalue weighted by molar-refractivity contribution is 7.89. The molecule has 0 spiro atoms. The summed E-state index contributed by atoms with van der Waals surface area (Å²) in [6, 6.07) is 3.26. The maximum Gasteiger partial charge on any atom is 0.242 e. The van der Waals surface area contributed by atoms with Gasteiger partial charge in [0.2, 0.25) is 10.0 Å². The van der Waals surface area contributed by atoms with Crippen molar-refractivity contribution in [1.29, 1.82) is 0 Å². The maximum absolute atomic E-state index is 12.9. The van der Waals surface area contributed by atoms with E-state index in [-0.39, 0.29) is 22.0 Å². The van der Waals surface area contributed by atoms with E-state index in [9.17, 15) is 12.8 Å². The SMILES string of the molecule is NC1CCC(NS(=O)(=O)c2ccc(F)cc2Cl)CC1. The summed E-state index contributed by atoms with van der Waals surface area (Å²) in [7, 11) is -3.71. The third-order valence-corrected chi connectivity index (χ3v) is 5.28. The van der Waals surface area contributed by atoms with Crippen molar-refractivity contribution in [3.8, 4) is 0 Å². The quantitative estimate of drug-likeness (QED) is 0.897. The van der Waals surface area contributed by atoms with Crippen LogP contribution in [0.15, 0.2) is 23.1 Å². The Hall–Kier alpha value is -0.690. The van der Waals surface area contributed by atoms with Crippen molar-refractivity contribution in [3.05, 3.63) is 29.0 Å². The molecule has 3 N–H and O–H groups in total. The van der Waals surface area contributed by atoms with Crippen LogP contribution in [0.25, 0.3) is 0 Å². The van der Waals surface area contributed by atoms with Gasteiger partial charge in [0.25, 0.3) is 0 Å². The molecule has 0 radical (unpaired) electrons. The van der Waals surface area contributed by atoms with Crippen molar-refractivity contribution in [2.24, 2.45) is 5.73 Å². The molecule has 0 unspecified atom stereocenters. The highest BCUT2D eigenvalue weighted by Gasteiger charge is 2.25. The molecule has 1 aromatic carbocycles. The van der Waals surface area contributed by atoms with Gasteiger partial charge in [-0.3, -0.25) is 0 Å². The van der Waals surface area contributed by atoms with Crippen LogP contribution in [0.4, 0.5) is 4.39 Å². The molecule has 19 heavy (non-hydrogen) atoms. The van der Waals surface area contributed by atoms with Crippen LogP contribution in [0.2, 0.25) is 5.02 Å². The van der Waals surface area contributed by atoms with Gasteiger partial charge < -0.3 is 5.73 Å². The summed E-state index contributed by atoms with van der Waals surface area (Å²) in [5, 5.41) is -0.111. The van der Waals surface area contributed by atoms with E-state index in [0.717, 1.165) is 25.0 Å². The summed E-state index contributed by atoms with van der Waals surface area (Å²) >= 11 is 5.78. The molecule has 1 aromatic rings. The average Bonchev–Trinajstić information content (AvgIpc) is 2.31. The van der Waals surface area contributed by atoms with Crippen molar-refractivity contribution in [2.75, 3.05) is 0 Å². The van der Waals surface area contributed by atoms with Crippen LogP contribution in [0, 0.1) is 5.82 Å². The molecule has 1 aliphatic carbocycles. The Bertz CT molecular complexity index is 557. The molecular weight excluding hydrogens is 291 g/mol. The van der Waals surface area contributed by atoms with Crippen LogP contribution < -0.4 is 10.5 Å². The lowest BCUT2D eigenvalue weighted by Gasteiger charge is -2.26. The van der Waals surface area contributed by atoms with Crippen molar-refractivity contribution in [3.63, 3.8) is 0 Å². The van der Waals surface area contributed by atoms with Gasteiger partial charge in [-0.2, -0.15) is 0 Å². The lowest BCUT2D eigenvalue weighted by atomic mass is 9.93. The largest absolute Gasteiger partial charge is 0.328 e. The van der Waals surface area contributed by atoms with E-state index < -0.39 is 15.8 Å². The average molecular weight is 307 g/mol. The third kappa shape index (κ3) is 3.66. The van der Waals surface area contributed by atoms with Gasteiger partial charge in [0.05, 0.1) is 5.02 Å². The maximum atomic E-state index is 12.9. The van der Waals surface area contributed by atoms with Crippen LogP contribution in [0.3, 0.4) is 0 Å². The van der Waals surface area contributed by atoms with E-state index in [1.807, 2.05) is 0 Å². The molecule has 0 bridgehead atoms. The zero-order chi connectivity index (χ0) is 14.0. The van der Waals surface area contributed by atoms with Crippen molar-refractivity contribution in [1.82, 2.24) is 4.72 Å². The topological polar surface area (TPSA) is 72.2 Å². The Kier molecular flexibility index (Phi) is 4.45. The highest BCUT2D eigenvalue weighted by atomic mass is 35.5. The number of benzene rings is 1. The zero-order valence-corrected chi connectivity index (χ0v) is 11.8. The second-order valence-electron chi connectivity index (χ2n) is 4.81. The molecule has 4 nitrogen and oxygen atoms in total. The van der Waals surface area contributed by atoms with Crippen LogP contribution in [0.1, 0.15) is 25.7 Å².